The van der Waals surface area contributed by atoms with Crippen molar-refractivity contribution in [3.63, 3.8) is 0 Å². The number of carbonyl (C=O) groups excluding carboxylic acids is 1. The fourth-order valence-corrected chi connectivity index (χ4v) is 1.85. The molecule has 0 aliphatic rings. The van der Waals surface area contributed by atoms with Gasteiger partial charge in [-0.3, -0.25) is 9.55 Å². The van der Waals surface area contributed by atoms with Crippen molar-refractivity contribution in [1.82, 2.24) is 0 Å². The minimum absolute atomic E-state index is 0.0661. The summed E-state index contributed by atoms with van der Waals surface area (Å²) in [7, 11) is -2.37. The van der Waals surface area contributed by atoms with Gasteiger partial charge in [-0.05, 0) is 52.6 Å². The van der Waals surface area contributed by atoms with Gasteiger partial charge in [0.1, 0.15) is 5.78 Å². The fourth-order valence-electron chi connectivity index (χ4n) is 1.34. The van der Waals surface area contributed by atoms with Crippen LogP contribution in [0.15, 0.2) is 53.2 Å². The first kappa shape index (κ1) is 27.0. The van der Waals surface area contributed by atoms with E-state index in [1.807, 2.05) is 38.2 Å². The van der Waals surface area contributed by atoms with Gasteiger partial charge in [0.15, 0.2) is 0 Å². The standard InChI is InChI=1S/C11H15N.C5H10O4S.CH5N/c1-5-8-10(7-3)11(12-4)9-6-2;1-5(6)3-2-4-10(7,8)9;1-2/h5-9H,3-4H2,1-2H3;2-4H2,1H3,(H,7,8,9);2H2,1H3/b8-5-,9-6-,11-10-;;. The number of nitrogens with zero attached hydrogens (tertiary/aromatic N) is 1. The Morgan fingerprint density at radius 3 is 2.00 bits per heavy atom. The van der Waals surface area contributed by atoms with E-state index in [0.717, 1.165) is 11.3 Å². The van der Waals surface area contributed by atoms with E-state index in [9.17, 15) is 13.2 Å². The molecule has 0 fully saturated rings. The topological polar surface area (TPSA) is 110 Å². The predicted octanol–water partition coefficient (Wildman–Crippen LogP) is 3.10. The molecule has 0 aromatic rings. The van der Waals surface area contributed by atoms with E-state index in [0.29, 0.717) is 0 Å². The van der Waals surface area contributed by atoms with Crippen molar-refractivity contribution in [3.8, 4) is 0 Å². The van der Waals surface area contributed by atoms with Crippen molar-refractivity contribution in [2.75, 3.05) is 12.8 Å². The average molecular weight is 359 g/mol. The number of carbonyl (C=O) groups is 1. The van der Waals surface area contributed by atoms with Gasteiger partial charge in [0.2, 0.25) is 0 Å². The summed E-state index contributed by atoms with van der Waals surface area (Å²) in [6.45, 7) is 12.5. The molecule has 0 aromatic heterocycles. The number of nitrogens with two attached hydrogens (primary N) is 1. The molecule has 0 bridgehead atoms. The highest BCUT2D eigenvalue weighted by atomic mass is 32.2. The van der Waals surface area contributed by atoms with Crippen LogP contribution in [0.25, 0.3) is 0 Å². The van der Waals surface area contributed by atoms with Crippen molar-refractivity contribution >= 4 is 22.6 Å². The van der Waals surface area contributed by atoms with Crippen molar-refractivity contribution < 1.29 is 17.8 Å². The van der Waals surface area contributed by atoms with Crippen LogP contribution in [0.2, 0.25) is 0 Å². The molecule has 0 aliphatic carbocycles. The maximum absolute atomic E-state index is 10.3. The Morgan fingerprint density at radius 2 is 1.71 bits per heavy atom. The smallest absolute Gasteiger partial charge is 0.264 e. The van der Waals surface area contributed by atoms with Gasteiger partial charge in [-0.25, -0.2) is 0 Å². The third-order valence-electron chi connectivity index (χ3n) is 2.29. The van der Waals surface area contributed by atoms with Gasteiger partial charge in [-0.1, -0.05) is 30.9 Å². The number of Topliss-reactive ketones (excluding diaryl/α,β-unsaturated/α-hetero) is 1. The first-order valence-electron chi connectivity index (χ1n) is 7.33. The van der Waals surface area contributed by atoms with Crippen molar-refractivity contribution in [1.29, 1.82) is 0 Å². The van der Waals surface area contributed by atoms with Crippen LogP contribution in [0.4, 0.5) is 0 Å². The summed E-state index contributed by atoms with van der Waals surface area (Å²) >= 11 is 0. The minimum Gasteiger partial charge on any atom is -0.333 e. The first-order valence-corrected chi connectivity index (χ1v) is 8.93. The molecule has 0 saturated heterocycles. The summed E-state index contributed by atoms with van der Waals surface area (Å²) in [6.07, 6.45) is 9.92. The van der Waals surface area contributed by atoms with Crippen molar-refractivity contribution in [2.24, 2.45) is 10.7 Å². The van der Waals surface area contributed by atoms with E-state index in [4.69, 9.17) is 4.55 Å². The predicted molar refractivity (Wildman–Crippen MR) is 103 cm³/mol. The van der Waals surface area contributed by atoms with Crippen molar-refractivity contribution in [2.45, 2.75) is 33.6 Å². The van der Waals surface area contributed by atoms with E-state index < -0.39 is 10.1 Å². The van der Waals surface area contributed by atoms with Crippen molar-refractivity contribution in [3.05, 3.63) is 48.2 Å². The van der Waals surface area contributed by atoms with E-state index in [2.05, 4.69) is 24.0 Å². The molecule has 0 aliphatic heterocycles. The molecule has 0 atom stereocenters. The second-order valence-electron chi connectivity index (χ2n) is 4.29. The Hall–Kier alpha value is -1.83. The molecule has 0 amide bonds. The first-order chi connectivity index (χ1) is 11.2. The lowest BCUT2D eigenvalue weighted by Crippen LogP contribution is -2.05. The average Bonchev–Trinajstić information content (AvgIpc) is 2.51. The zero-order chi connectivity index (χ0) is 19.6. The second kappa shape index (κ2) is 17.5. The molecule has 0 heterocycles. The fraction of sp³-hybridized carbons (Fsp3) is 0.412. The molecular weight excluding hydrogens is 328 g/mol. The maximum Gasteiger partial charge on any atom is 0.264 e. The van der Waals surface area contributed by atoms with Crippen LogP contribution < -0.4 is 5.73 Å². The molecule has 3 N–H and O–H groups in total. The third kappa shape index (κ3) is 20.2. The number of ketones is 1. The summed E-state index contributed by atoms with van der Waals surface area (Å²) in [5.74, 6) is -0.393. The molecule has 138 valence electrons. The normalized spacial score (nSPS) is 11.8. The molecule has 0 radical (unpaired) electrons. The summed E-state index contributed by atoms with van der Waals surface area (Å²) in [4.78, 5) is 14.1. The molecule has 0 aromatic carbocycles. The van der Waals surface area contributed by atoms with Crippen LogP contribution in [-0.2, 0) is 14.9 Å². The van der Waals surface area contributed by atoms with Gasteiger partial charge in [-0.15, -0.1) is 0 Å². The maximum atomic E-state index is 10.3. The van der Waals surface area contributed by atoms with Crippen LogP contribution in [0, 0.1) is 0 Å². The number of aliphatic imine (C=N–C) groups is 1. The van der Waals surface area contributed by atoms with Gasteiger partial charge in [0.25, 0.3) is 10.1 Å². The number of hydrogen-bond donors (Lipinski definition) is 2. The van der Waals surface area contributed by atoms with Gasteiger partial charge >= 0.3 is 0 Å². The van der Waals surface area contributed by atoms with Crippen LogP contribution in [-0.4, -0.2) is 38.3 Å². The van der Waals surface area contributed by atoms with Crippen LogP contribution in [0.1, 0.15) is 33.6 Å². The van der Waals surface area contributed by atoms with E-state index >= 15 is 0 Å². The van der Waals surface area contributed by atoms with Gasteiger partial charge in [0.05, 0.1) is 11.4 Å². The van der Waals surface area contributed by atoms with Crippen LogP contribution in [0.3, 0.4) is 0 Å². The third-order valence-corrected chi connectivity index (χ3v) is 3.09. The van der Waals surface area contributed by atoms with Crippen LogP contribution in [0.5, 0.6) is 0 Å². The van der Waals surface area contributed by atoms with Gasteiger partial charge < -0.3 is 10.5 Å². The van der Waals surface area contributed by atoms with Gasteiger partial charge in [-0.2, -0.15) is 8.42 Å². The molecule has 0 unspecified atom stereocenters. The number of hydrogen-bond acceptors (Lipinski definition) is 5. The summed E-state index contributed by atoms with van der Waals surface area (Å²) < 4.78 is 28.3. The van der Waals surface area contributed by atoms with Crippen LogP contribution >= 0.6 is 0 Å². The Bertz CT molecular complexity index is 533. The Morgan fingerprint density at radius 1 is 1.21 bits per heavy atom. The summed E-state index contributed by atoms with van der Waals surface area (Å²) in [5.41, 5.74) is 6.34. The molecule has 0 saturated carbocycles. The Labute approximate surface area is 146 Å². The lowest BCUT2D eigenvalue weighted by Gasteiger charge is -1.97. The highest BCUT2D eigenvalue weighted by Crippen LogP contribution is 2.09. The molecule has 24 heavy (non-hydrogen) atoms. The molecule has 0 rings (SSSR count). The molecule has 6 nitrogen and oxygen atoms in total. The number of allylic oxidation sites excluding steroid dienone is 6. The molecular formula is C17H30N2O4S. The highest BCUT2D eigenvalue weighted by Gasteiger charge is 2.03. The van der Waals surface area contributed by atoms with E-state index in [1.165, 1.54) is 14.0 Å². The zero-order valence-electron chi connectivity index (χ0n) is 15.0. The quantitative estimate of drug-likeness (QED) is 0.393. The molecule has 7 heteroatoms. The SMILES string of the molecule is C=CC(/C=C\C)=C(\C=C/C)N=C.CC(=O)CCCS(=O)(=O)O.CN. The lowest BCUT2D eigenvalue weighted by atomic mass is 10.2. The minimum atomic E-state index is -3.87. The zero-order valence-corrected chi connectivity index (χ0v) is 15.8. The Balaban J connectivity index is -0.000000337. The van der Waals surface area contributed by atoms with E-state index in [1.54, 1.807) is 6.08 Å². The largest absolute Gasteiger partial charge is 0.333 e. The summed E-state index contributed by atoms with van der Waals surface area (Å²) in [5, 5.41) is 0. The lowest BCUT2D eigenvalue weighted by molar-refractivity contribution is -0.117. The Kier molecular flexibility index (Phi) is 19.7. The highest BCUT2D eigenvalue weighted by molar-refractivity contribution is 7.85. The number of rotatable bonds is 8. The molecule has 0 spiro atoms. The second-order valence-corrected chi connectivity index (χ2v) is 5.87. The van der Waals surface area contributed by atoms with E-state index in [-0.39, 0.29) is 24.4 Å². The monoisotopic (exact) mass is 358 g/mol. The summed E-state index contributed by atoms with van der Waals surface area (Å²) in [6, 6.07) is 0. The van der Waals surface area contributed by atoms with Gasteiger partial charge in [0, 0.05) is 6.42 Å².